The van der Waals surface area contributed by atoms with E-state index in [2.05, 4.69) is 12.6 Å². The number of esters is 1. The number of hydrogen-bond acceptors (Lipinski definition) is 9. The zero-order valence-electron chi connectivity index (χ0n) is 15.6. The number of thiol groups is 1. The number of ether oxygens (including phenoxy) is 3. The highest BCUT2D eigenvalue weighted by Gasteiger charge is 2.46. The third kappa shape index (κ3) is 4.43. The third-order valence-corrected chi connectivity index (χ3v) is 5.36. The summed E-state index contributed by atoms with van der Waals surface area (Å²) in [7, 11) is 1.43. The lowest BCUT2D eigenvalue weighted by molar-refractivity contribution is -0.133. The number of rotatable bonds is 1. The summed E-state index contributed by atoms with van der Waals surface area (Å²) in [4.78, 5) is 24.9. The number of aromatic hydroxyl groups is 1. The summed E-state index contributed by atoms with van der Waals surface area (Å²) in [6.07, 6.45) is -4.37. The molecule has 0 saturated carbocycles. The Balaban J connectivity index is 1.97. The molecule has 2 aliphatic rings. The number of fused-ring (bicyclic) bond motifs is 3. The molecule has 1 saturated heterocycles. The molecule has 0 bridgehead atoms. The molecule has 9 heteroatoms. The lowest BCUT2D eigenvalue weighted by atomic mass is 9.95. The Morgan fingerprint density at radius 2 is 1.93 bits per heavy atom. The van der Waals surface area contributed by atoms with Crippen LogP contribution in [-0.2, 0) is 14.3 Å². The minimum Gasteiger partial charge on any atom is -0.507 e. The van der Waals surface area contributed by atoms with E-state index in [1.54, 1.807) is 13.0 Å². The van der Waals surface area contributed by atoms with Crippen LogP contribution in [0.2, 0.25) is 0 Å². The second kappa shape index (κ2) is 8.28. The summed E-state index contributed by atoms with van der Waals surface area (Å²) in [5.74, 6) is -1.22. The number of phenolic OH excluding ortho intramolecular Hbond substituents is 1. The first-order valence-electron chi connectivity index (χ1n) is 9.05. The average Bonchev–Trinajstić information content (AvgIpc) is 3.37. The van der Waals surface area contributed by atoms with Crippen LogP contribution in [0.3, 0.4) is 0 Å². The maximum absolute atomic E-state index is 12.7. The van der Waals surface area contributed by atoms with Gasteiger partial charge >= 0.3 is 5.97 Å². The van der Waals surface area contributed by atoms with E-state index in [1.165, 1.54) is 13.2 Å². The van der Waals surface area contributed by atoms with Gasteiger partial charge in [0.2, 0.25) is 0 Å². The summed E-state index contributed by atoms with van der Waals surface area (Å²) in [6.45, 7) is 1.65. The lowest BCUT2D eigenvalue weighted by Crippen LogP contribution is -2.36. The monoisotopic (exact) mass is 412 g/mol. The van der Waals surface area contributed by atoms with E-state index in [1.807, 2.05) is 0 Å². The normalized spacial score (nSPS) is 33.9. The summed E-state index contributed by atoms with van der Waals surface area (Å²) in [5, 5.41) is 30.2. The van der Waals surface area contributed by atoms with Crippen molar-refractivity contribution in [2.75, 3.05) is 7.11 Å². The Hall–Kier alpha value is -1.81. The Labute approximate surface area is 167 Å². The largest absolute Gasteiger partial charge is 0.507 e. The number of Topliss-reactive ketones (excluding diaryl/α,β-unsaturated/α-hetero) is 1. The van der Waals surface area contributed by atoms with Crippen LogP contribution >= 0.6 is 12.6 Å². The van der Waals surface area contributed by atoms with E-state index in [9.17, 15) is 24.9 Å². The summed E-state index contributed by atoms with van der Waals surface area (Å²) in [6, 6.07) is 2.87. The van der Waals surface area contributed by atoms with Crippen LogP contribution in [-0.4, -0.2) is 63.8 Å². The fourth-order valence-electron chi connectivity index (χ4n) is 3.47. The molecular weight excluding hydrogens is 388 g/mol. The minimum atomic E-state index is -1.54. The van der Waals surface area contributed by atoms with Gasteiger partial charge in [-0.25, -0.2) is 4.79 Å². The van der Waals surface area contributed by atoms with Crippen LogP contribution in [0.5, 0.6) is 11.5 Å². The third-order valence-electron chi connectivity index (χ3n) is 4.97. The van der Waals surface area contributed by atoms with Crippen molar-refractivity contribution in [2.45, 2.75) is 62.0 Å². The molecule has 6 atom stereocenters. The molecule has 1 fully saturated rings. The van der Waals surface area contributed by atoms with Crippen LogP contribution in [0.15, 0.2) is 12.1 Å². The van der Waals surface area contributed by atoms with Crippen molar-refractivity contribution in [1.82, 2.24) is 0 Å². The van der Waals surface area contributed by atoms with E-state index in [0.717, 1.165) is 0 Å². The molecule has 28 heavy (non-hydrogen) atoms. The highest BCUT2D eigenvalue weighted by molar-refractivity contribution is 7.81. The van der Waals surface area contributed by atoms with Gasteiger partial charge in [-0.15, -0.1) is 0 Å². The van der Waals surface area contributed by atoms with E-state index in [-0.39, 0.29) is 30.6 Å². The Kier molecular flexibility index (Phi) is 6.18. The highest BCUT2D eigenvalue weighted by Crippen LogP contribution is 2.46. The number of benzene rings is 1. The van der Waals surface area contributed by atoms with E-state index >= 15 is 0 Å². The smallest absolute Gasteiger partial charge is 0.342 e. The van der Waals surface area contributed by atoms with Gasteiger partial charge in [-0.3, -0.25) is 4.79 Å². The molecule has 3 N–H and O–H groups in total. The first kappa shape index (κ1) is 20.9. The molecule has 8 nitrogen and oxygen atoms in total. The fraction of sp³-hybridized carbons (Fsp3) is 0.579. The number of methoxy groups -OCH3 is 1. The van der Waals surface area contributed by atoms with Crippen molar-refractivity contribution in [1.29, 1.82) is 0 Å². The van der Waals surface area contributed by atoms with Crippen molar-refractivity contribution in [3.8, 4) is 11.5 Å². The lowest BCUT2D eigenvalue weighted by Gasteiger charge is -2.21. The van der Waals surface area contributed by atoms with Gasteiger partial charge in [-0.2, -0.15) is 12.6 Å². The van der Waals surface area contributed by atoms with Crippen LogP contribution in [0.25, 0.3) is 0 Å². The predicted octanol–water partition coefficient (Wildman–Crippen LogP) is 1.16. The van der Waals surface area contributed by atoms with Gasteiger partial charge < -0.3 is 29.5 Å². The standard InChI is InChI=1S/C19H24O8S/c1-8-3-10(28)6-13(21)17(23)14(22)7-15-18(27-15)11-4-9(25-2)5-12(20)16(11)19(24)26-8/h4-5,8,10,14-15,17-18,20,22-23,28H,3,6-7H2,1-2H3/t8-,10+,14-,15+,17+,18+/m0/s1. The SMILES string of the molecule is COc1cc(O)c2c(c1)[C@H]1O[C@@H]1C[C@H](O)[C@H](O)C(=O)C[C@H](S)C[C@H](C)OC2=O. The Morgan fingerprint density at radius 3 is 2.61 bits per heavy atom. The molecule has 1 aromatic carbocycles. The molecule has 0 radical (unpaired) electrons. The molecule has 0 spiro atoms. The van der Waals surface area contributed by atoms with E-state index in [0.29, 0.717) is 11.3 Å². The quantitative estimate of drug-likeness (QED) is 0.308. The summed E-state index contributed by atoms with van der Waals surface area (Å²) >= 11 is 4.32. The molecule has 2 aliphatic heterocycles. The van der Waals surface area contributed by atoms with Crippen LogP contribution in [0, 0.1) is 0 Å². The molecule has 0 amide bonds. The van der Waals surface area contributed by atoms with Crippen molar-refractivity contribution in [3.63, 3.8) is 0 Å². The first-order valence-corrected chi connectivity index (χ1v) is 9.57. The molecule has 3 rings (SSSR count). The zero-order chi connectivity index (χ0) is 20.6. The predicted molar refractivity (Wildman–Crippen MR) is 101 cm³/mol. The zero-order valence-corrected chi connectivity index (χ0v) is 16.5. The number of carbonyl (C=O) groups is 2. The van der Waals surface area contributed by atoms with E-state index in [4.69, 9.17) is 14.2 Å². The summed E-state index contributed by atoms with van der Waals surface area (Å²) in [5.41, 5.74) is 0.339. The minimum absolute atomic E-state index is 0.00231. The van der Waals surface area contributed by atoms with Crippen LogP contribution in [0.4, 0.5) is 0 Å². The van der Waals surface area contributed by atoms with Crippen molar-refractivity contribution in [2.24, 2.45) is 0 Å². The van der Waals surface area contributed by atoms with Crippen molar-refractivity contribution < 1.29 is 39.1 Å². The Bertz CT molecular complexity index is 767. The highest BCUT2D eigenvalue weighted by atomic mass is 32.1. The number of aliphatic hydroxyl groups excluding tert-OH is 2. The van der Waals surface area contributed by atoms with Gasteiger partial charge in [0.05, 0.1) is 19.3 Å². The van der Waals surface area contributed by atoms with Gasteiger partial charge in [0, 0.05) is 29.7 Å². The number of aliphatic hydroxyl groups is 2. The van der Waals surface area contributed by atoms with Gasteiger partial charge in [0.1, 0.15) is 35.4 Å². The molecule has 2 heterocycles. The number of hydrogen-bond donors (Lipinski definition) is 4. The van der Waals surface area contributed by atoms with Gasteiger partial charge in [-0.1, -0.05) is 0 Å². The van der Waals surface area contributed by atoms with Crippen LogP contribution < -0.4 is 4.74 Å². The van der Waals surface area contributed by atoms with Gasteiger partial charge in [-0.05, 0) is 19.4 Å². The fourth-order valence-corrected chi connectivity index (χ4v) is 3.95. The number of phenols is 1. The molecule has 1 aromatic rings. The Morgan fingerprint density at radius 1 is 1.21 bits per heavy atom. The maximum atomic E-state index is 12.7. The van der Waals surface area contributed by atoms with Gasteiger partial charge in [0.25, 0.3) is 0 Å². The maximum Gasteiger partial charge on any atom is 0.342 e. The summed E-state index contributed by atoms with van der Waals surface area (Å²) < 4.78 is 16.1. The number of epoxide rings is 1. The molecule has 154 valence electrons. The van der Waals surface area contributed by atoms with Crippen molar-refractivity contribution in [3.05, 3.63) is 23.3 Å². The second-order valence-electron chi connectivity index (χ2n) is 7.23. The molecular formula is C19H24O8S. The molecule has 0 aromatic heterocycles. The number of cyclic esters (lactones) is 1. The second-order valence-corrected chi connectivity index (χ2v) is 7.96. The van der Waals surface area contributed by atoms with Crippen molar-refractivity contribution >= 4 is 24.4 Å². The average molecular weight is 412 g/mol. The topological polar surface area (TPSA) is 126 Å². The number of carbonyl (C=O) groups excluding carboxylic acids is 2. The van der Waals surface area contributed by atoms with Crippen LogP contribution in [0.1, 0.15) is 48.2 Å². The first-order chi connectivity index (χ1) is 13.2. The molecule has 0 aliphatic carbocycles. The molecule has 0 unspecified atom stereocenters. The van der Waals surface area contributed by atoms with E-state index < -0.39 is 47.5 Å². The number of ketones is 1. The van der Waals surface area contributed by atoms with Gasteiger partial charge in [0.15, 0.2) is 5.78 Å².